The van der Waals surface area contributed by atoms with Gasteiger partial charge < -0.3 is 0 Å². The van der Waals surface area contributed by atoms with E-state index in [9.17, 15) is 0 Å². The molecule has 1 heteroatoms. The summed E-state index contributed by atoms with van der Waals surface area (Å²) in [4.78, 5) is 4.25. The Hall–Kier alpha value is -0.590. The van der Waals surface area contributed by atoms with Crippen LogP contribution in [0.15, 0.2) is 17.3 Å². The topological polar surface area (TPSA) is 12.4 Å². The van der Waals surface area contributed by atoms with Gasteiger partial charge in [-0.2, -0.15) is 0 Å². The van der Waals surface area contributed by atoms with Crippen molar-refractivity contribution in [3.05, 3.63) is 12.3 Å². The van der Waals surface area contributed by atoms with Gasteiger partial charge in [-0.1, -0.05) is 26.8 Å². The van der Waals surface area contributed by atoms with Crippen molar-refractivity contribution in [3.8, 4) is 0 Å². The summed E-state index contributed by atoms with van der Waals surface area (Å²) in [5, 5.41) is 0. The van der Waals surface area contributed by atoms with E-state index in [0.29, 0.717) is 0 Å². The molecule has 0 saturated carbocycles. The highest BCUT2D eigenvalue weighted by atomic mass is 14.7. The van der Waals surface area contributed by atoms with E-state index in [1.165, 1.54) is 5.71 Å². The standard InChI is InChI=1S/C10H19N/c1-5-10(4)11-8-6-7-9(2)3/h6,8-9H,5,7H2,1-4H3/b8-6+,11-10-. The predicted octanol–water partition coefficient (Wildman–Crippen LogP) is 3.42. The predicted molar refractivity (Wildman–Crippen MR) is 52.0 cm³/mol. The number of hydrogen-bond donors (Lipinski definition) is 0. The Bertz CT molecular complexity index is 143. The average Bonchev–Trinajstić information content (AvgIpc) is 1.97. The molecule has 0 N–H and O–H groups in total. The van der Waals surface area contributed by atoms with E-state index in [1.807, 2.05) is 6.20 Å². The Morgan fingerprint density at radius 3 is 2.55 bits per heavy atom. The van der Waals surface area contributed by atoms with Crippen LogP contribution in [0.3, 0.4) is 0 Å². The van der Waals surface area contributed by atoms with Crippen LogP contribution in [0.2, 0.25) is 0 Å². The molecule has 0 aliphatic carbocycles. The Morgan fingerprint density at radius 2 is 2.09 bits per heavy atom. The fraction of sp³-hybridized carbons (Fsp3) is 0.700. The van der Waals surface area contributed by atoms with Gasteiger partial charge in [0.05, 0.1) is 0 Å². The van der Waals surface area contributed by atoms with Crippen molar-refractivity contribution in [2.75, 3.05) is 0 Å². The molecule has 0 fully saturated rings. The monoisotopic (exact) mass is 153 g/mol. The van der Waals surface area contributed by atoms with E-state index in [4.69, 9.17) is 0 Å². The highest BCUT2D eigenvalue weighted by Gasteiger charge is 1.86. The van der Waals surface area contributed by atoms with Crippen LogP contribution in [0.5, 0.6) is 0 Å². The third-order valence-corrected chi connectivity index (χ3v) is 1.52. The lowest BCUT2D eigenvalue weighted by Crippen LogP contribution is -1.84. The molecule has 0 spiro atoms. The van der Waals surface area contributed by atoms with Crippen molar-refractivity contribution in [1.29, 1.82) is 0 Å². The minimum atomic E-state index is 0.739. The molecule has 0 saturated heterocycles. The maximum absolute atomic E-state index is 4.25. The second-order valence-electron chi connectivity index (χ2n) is 3.23. The van der Waals surface area contributed by atoms with Crippen LogP contribution < -0.4 is 0 Å². The van der Waals surface area contributed by atoms with Crippen molar-refractivity contribution < 1.29 is 0 Å². The molecule has 0 aromatic rings. The van der Waals surface area contributed by atoms with Crippen molar-refractivity contribution in [2.24, 2.45) is 10.9 Å². The van der Waals surface area contributed by atoms with E-state index in [1.54, 1.807) is 0 Å². The van der Waals surface area contributed by atoms with Crippen molar-refractivity contribution in [3.63, 3.8) is 0 Å². The quantitative estimate of drug-likeness (QED) is 0.549. The van der Waals surface area contributed by atoms with Gasteiger partial charge in [-0.25, -0.2) is 0 Å². The Kier molecular flexibility index (Phi) is 5.81. The number of allylic oxidation sites excluding steroid dienone is 1. The molecule has 0 radical (unpaired) electrons. The molecule has 0 heterocycles. The minimum absolute atomic E-state index is 0.739. The van der Waals surface area contributed by atoms with Crippen LogP contribution in [-0.4, -0.2) is 5.71 Å². The molecule has 0 aromatic carbocycles. The second-order valence-corrected chi connectivity index (χ2v) is 3.23. The molecule has 1 nitrogen and oxygen atoms in total. The van der Waals surface area contributed by atoms with Crippen LogP contribution in [0.4, 0.5) is 0 Å². The SMILES string of the molecule is CC/C(C)=N\C=C\CC(C)C. The molecule has 0 aliphatic rings. The van der Waals surface area contributed by atoms with Gasteiger partial charge in [0.2, 0.25) is 0 Å². The van der Waals surface area contributed by atoms with Crippen LogP contribution in [0.1, 0.15) is 40.5 Å². The van der Waals surface area contributed by atoms with Gasteiger partial charge in [0.1, 0.15) is 0 Å². The van der Waals surface area contributed by atoms with Gasteiger partial charge in [0, 0.05) is 11.9 Å². The molecule has 0 amide bonds. The van der Waals surface area contributed by atoms with Crippen molar-refractivity contribution in [1.82, 2.24) is 0 Å². The lowest BCUT2D eigenvalue weighted by atomic mass is 10.1. The molecule has 0 unspecified atom stereocenters. The fourth-order valence-corrected chi connectivity index (χ4v) is 0.604. The van der Waals surface area contributed by atoms with Crippen LogP contribution in [0.25, 0.3) is 0 Å². The average molecular weight is 153 g/mol. The van der Waals surface area contributed by atoms with Crippen LogP contribution in [-0.2, 0) is 0 Å². The summed E-state index contributed by atoms with van der Waals surface area (Å²) in [5.74, 6) is 0.739. The van der Waals surface area contributed by atoms with E-state index in [2.05, 4.69) is 38.8 Å². The Morgan fingerprint density at radius 1 is 1.45 bits per heavy atom. The van der Waals surface area contributed by atoms with Crippen molar-refractivity contribution in [2.45, 2.75) is 40.5 Å². The van der Waals surface area contributed by atoms with Crippen molar-refractivity contribution >= 4 is 5.71 Å². The number of hydrogen-bond acceptors (Lipinski definition) is 1. The van der Waals surface area contributed by atoms with E-state index in [-0.39, 0.29) is 0 Å². The molecule has 0 atom stereocenters. The van der Waals surface area contributed by atoms with Gasteiger partial charge in [-0.3, -0.25) is 4.99 Å². The second kappa shape index (κ2) is 6.14. The zero-order valence-corrected chi connectivity index (χ0v) is 8.09. The van der Waals surface area contributed by atoms with Gasteiger partial charge in [-0.05, 0) is 25.7 Å². The zero-order valence-electron chi connectivity index (χ0n) is 8.09. The smallest absolute Gasteiger partial charge is 0.0227 e. The number of rotatable bonds is 4. The fourth-order valence-electron chi connectivity index (χ4n) is 0.604. The molecule has 0 bridgehead atoms. The van der Waals surface area contributed by atoms with Gasteiger partial charge in [0.25, 0.3) is 0 Å². The number of nitrogens with zero attached hydrogens (tertiary/aromatic N) is 1. The summed E-state index contributed by atoms with van der Waals surface area (Å²) in [6.07, 6.45) is 6.22. The molecule has 0 aromatic heterocycles. The normalized spacial score (nSPS) is 13.4. The summed E-state index contributed by atoms with van der Waals surface area (Å²) in [6.45, 7) is 8.59. The summed E-state index contributed by atoms with van der Waals surface area (Å²) in [6, 6.07) is 0. The first kappa shape index (κ1) is 10.4. The van der Waals surface area contributed by atoms with Gasteiger partial charge in [0.15, 0.2) is 0 Å². The third kappa shape index (κ3) is 7.31. The summed E-state index contributed by atoms with van der Waals surface area (Å²) >= 11 is 0. The first-order valence-electron chi connectivity index (χ1n) is 4.35. The summed E-state index contributed by atoms with van der Waals surface area (Å²) in [7, 11) is 0. The maximum atomic E-state index is 4.25. The third-order valence-electron chi connectivity index (χ3n) is 1.52. The zero-order chi connectivity index (χ0) is 8.69. The summed E-state index contributed by atoms with van der Waals surface area (Å²) in [5.41, 5.74) is 1.20. The van der Waals surface area contributed by atoms with E-state index >= 15 is 0 Å². The minimum Gasteiger partial charge on any atom is -0.266 e. The van der Waals surface area contributed by atoms with E-state index < -0.39 is 0 Å². The summed E-state index contributed by atoms with van der Waals surface area (Å²) < 4.78 is 0. The lowest BCUT2D eigenvalue weighted by Gasteiger charge is -1.95. The number of aliphatic imine (C=N–C) groups is 1. The first-order valence-corrected chi connectivity index (χ1v) is 4.35. The van der Waals surface area contributed by atoms with Gasteiger partial charge in [-0.15, -0.1) is 0 Å². The highest BCUT2D eigenvalue weighted by molar-refractivity contribution is 5.82. The molecule has 64 valence electrons. The van der Waals surface area contributed by atoms with Gasteiger partial charge >= 0.3 is 0 Å². The first-order chi connectivity index (χ1) is 5.16. The Balaban J connectivity index is 3.59. The molecule has 11 heavy (non-hydrogen) atoms. The molecule has 0 rings (SSSR count). The molecular weight excluding hydrogens is 134 g/mol. The molecular formula is C10H19N. The van der Waals surface area contributed by atoms with E-state index in [0.717, 1.165) is 18.8 Å². The Labute approximate surface area is 70.2 Å². The maximum Gasteiger partial charge on any atom is 0.0227 e. The van der Waals surface area contributed by atoms with Crippen LogP contribution in [0, 0.1) is 5.92 Å². The lowest BCUT2D eigenvalue weighted by molar-refractivity contribution is 0.663. The largest absolute Gasteiger partial charge is 0.266 e. The van der Waals surface area contributed by atoms with Crippen LogP contribution >= 0.6 is 0 Å². The molecule has 0 aliphatic heterocycles. The highest BCUT2D eigenvalue weighted by Crippen LogP contribution is 1.99.